The lowest BCUT2D eigenvalue weighted by Gasteiger charge is -2.37. The molecule has 3 nitrogen and oxygen atoms in total. The van der Waals surface area contributed by atoms with Gasteiger partial charge in [0.05, 0.1) is 10.5 Å². The van der Waals surface area contributed by atoms with Gasteiger partial charge in [-0.15, -0.1) is 0 Å². The highest BCUT2D eigenvalue weighted by Gasteiger charge is 2.36. The molecule has 0 unspecified atom stereocenters. The van der Waals surface area contributed by atoms with Crippen LogP contribution in [0.5, 0.6) is 0 Å². The van der Waals surface area contributed by atoms with E-state index in [2.05, 4.69) is 5.32 Å². The van der Waals surface area contributed by atoms with E-state index in [1.54, 1.807) is 0 Å². The third-order valence-electron chi connectivity index (χ3n) is 4.76. The number of carbonyl (C=O) groups excluding carboxylic acids is 1. The van der Waals surface area contributed by atoms with Gasteiger partial charge < -0.3 is 11.1 Å². The summed E-state index contributed by atoms with van der Waals surface area (Å²) in [5.41, 5.74) is 5.51. The van der Waals surface area contributed by atoms with Crippen molar-refractivity contribution in [2.45, 2.75) is 76.2 Å². The summed E-state index contributed by atoms with van der Waals surface area (Å²) in [6, 6.07) is 0. The first-order chi connectivity index (χ1) is 9.12. The van der Waals surface area contributed by atoms with E-state index in [4.69, 9.17) is 18.0 Å². The molecule has 0 aromatic rings. The molecule has 3 N–H and O–H groups in total. The zero-order chi connectivity index (χ0) is 13.7. The van der Waals surface area contributed by atoms with Gasteiger partial charge >= 0.3 is 0 Å². The van der Waals surface area contributed by atoms with Gasteiger partial charge in [-0.1, -0.05) is 50.7 Å². The zero-order valence-corrected chi connectivity index (χ0v) is 12.6. The number of thiocarbonyl (C=S) groups is 1. The van der Waals surface area contributed by atoms with Crippen molar-refractivity contribution in [2.75, 3.05) is 0 Å². The van der Waals surface area contributed by atoms with Crippen LogP contribution in [0.4, 0.5) is 0 Å². The van der Waals surface area contributed by atoms with Gasteiger partial charge in [-0.3, -0.25) is 4.79 Å². The van der Waals surface area contributed by atoms with Gasteiger partial charge in [0.25, 0.3) is 0 Å². The number of amides is 1. The molecule has 0 atom stereocenters. The van der Waals surface area contributed by atoms with Gasteiger partial charge in [0.2, 0.25) is 5.91 Å². The van der Waals surface area contributed by atoms with E-state index in [0.29, 0.717) is 17.3 Å². The van der Waals surface area contributed by atoms with Gasteiger partial charge in [0.15, 0.2) is 0 Å². The maximum absolute atomic E-state index is 12.3. The van der Waals surface area contributed by atoms with E-state index in [0.717, 1.165) is 25.7 Å². The largest absolute Gasteiger partial charge is 0.391 e. The molecule has 0 heterocycles. The summed E-state index contributed by atoms with van der Waals surface area (Å²) in [5, 5.41) is 3.17. The molecule has 0 aliphatic heterocycles. The lowest BCUT2D eigenvalue weighted by molar-refractivity contribution is -0.123. The van der Waals surface area contributed by atoms with Crippen molar-refractivity contribution in [2.24, 2.45) is 11.7 Å². The topological polar surface area (TPSA) is 55.1 Å². The Balaban J connectivity index is 1.89. The van der Waals surface area contributed by atoms with Crippen molar-refractivity contribution in [3.8, 4) is 0 Å². The Kier molecular flexibility index (Phi) is 5.20. The second-order valence-corrected chi connectivity index (χ2v) is 6.70. The fraction of sp³-hybridized carbons (Fsp3) is 0.867. The molecule has 0 saturated heterocycles. The normalized spacial score (nSPS) is 23.8. The summed E-state index contributed by atoms with van der Waals surface area (Å²) in [7, 11) is 0. The van der Waals surface area contributed by atoms with Crippen molar-refractivity contribution in [3.63, 3.8) is 0 Å². The van der Waals surface area contributed by atoms with Gasteiger partial charge in [-0.25, -0.2) is 0 Å². The second-order valence-electron chi connectivity index (χ2n) is 6.26. The Morgan fingerprint density at radius 1 is 1.11 bits per heavy atom. The molecule has 0 radical (unpaired) electrons. The number of nitrogens with one attached hydrogen (secondary N) is 1. The molecule has 1 amide bonds. The quantitative estimate of drug-likeness (QED) is 0.779. The summed E-state index contributed by atoms with van der Waals surface area (Å²) in [5.74, 6) is 0.724. The van der Waals surface area contributed by atoms with Crippen LogP contribution in [0.3, 0.4) is 0 Å². The van der Waals surface area contributed by atoms with E-state index in [-0.39, 0.29) is 11.4 Å². The average molecular weight is 282 g/mol. The summed E-state index contributed by atoms with van der Waals surface area (Å²) in [6.07, 6.45) is 12.2. The lowest BCUT2D eigenvalue weighted by Crippen LogP contribution is -2.57. The molecule has 2 aliphatic rings. The monoisotopic (exact) mass is 282 g/mol. The number of hydrogen-bond acceptors (Lipinski definition) is 2. The minimum Gasteiger partial charge on any atom is -0.391 e. The van der Waals surface area contributed by atoms with Crippen LogP contribution in [-0.2, 0) is 4.79 Å². The van der Waals surface area contributed by atoms with E-state index in [1.165, 1.54) is 38.5 Å². The highest BCUT2D eigenvalue weighted by atomic mass is 32.1. The molecular weight excluding hydrogens is 256 g/mol. The first kappa shape index (κ1) is 14.8. The summed E-state index contributed by atoms with van der Waals surface area (Å²) in [4.78, 5) is 12.7. The summed E-state index contributed by atoms with van der Waals surface area (Å²) in [6.45, 7) is 0. The third-order valence-corrected chi connectivity index (χ3v) is 5.15. The van der Waals surface area contributed by atoms with Crippen molar-refractivity contribution in [1.29, 1.82) is 0 Å². The van der Waals surface area contributed by atoms with E-state index >= 15 is 0 Å². The first-order valence-electron chi connectivity index (χ1n) is 7.73. The highest BCUT2D eigenvalue weighted by Crippen LogP contribution is 2.30. The Hall–Kier alpha value is -0.640. The van der Waals surface area contributed by atoms with Crippen molar-refractivity contribution in [3.05, 3.63) is 0 Å². The Morgan fingerprint density at radius 3 is 2.26 bits per heavy atom. The lowest BCUT2D eigenvalue weighted by atomic mass is 9.81. The first-order valence-corrected chi connectivity index (χ1v) is 8.14. The fourth-order valence-electron chi connectivity index (χ4n) is 3.56. The molecule has 2 rings (SSSR count). The van der Waals surface area contributed by atoms with Crippen LogP contribution in [0.2, 0.25) is 0 Å². The molecule has 0 aromatic heterocycles. The van der Waals surface area contributed by atoms with E-state index in [9.17, 15) is 4.79 Å². The predicted molar refractivity (Wildman–Crippen MR) is 81.9 cm³/mol. The fourth-order valence-corrected chi connectivity index (χ4v) is 3.81. The maximum Gasteiger partial charge on any atom is 0.221 e. The summed E-state index contributed by atoms with van der Waals surface area (Å²) < 4.78 is 0. The molecule has 108 valence electrons. The molecule has 4 heteroatoms. The number of nitrogens with two attached hydrogens (primary N) is 1. The Labute approximate surface area is 121 Å². The standard InChI is InChI=1S/C15H26N2OS/c16-14(19)15(9-5-2-6-10-15)17-13(18)11-12-7-3-1-4-8-12/h12H,1-11H2,(H2,16,19)(H,17,18). The third kappa shape index (κ3) is 3.91. The van der Waals surface area contributed by atoms with Crippen LogP contribution in [0.25, 0.3) is 0 Å². The summed E-state index contributed by atoms with van der Waals surface area (Å²) >= 11 is 5.21. The van der Waals surface area contributed by atoms with Crippen LogP contribution in [0.1, 0.15) is 70.6 Å². The number of rotatable bonds is 4. The molecule has 0 spiro atoms. The molecule has 2 saturated carbocycles. The van der Waals surface area contributed by atoms with Gasteiger partial charge in [-0.2, -0.15) is 0 Å². The maximum atomic E-state index is 12.3. The van der Waals surface area contributed by atoms with Crippen LogP contribution in [0, 0.1) is 5.92 Å². The van der Waals surface area contributed by atoms with Gasteiger partial charge in [0, 0.05) is 6.42 Å². The minimum absolute atomic E-state index is 0.154. The van der Waals surface area contributed by atoms with Crippen LogP contribution >= 0.6 is 12.2 Å². The highest BCUT2D eigenvalue weighted by molar-refractivity contribution is 7.80. The molecule has 2 aliphatic carbocycles. The smallest absolute Gasteiger partial charge is 0.221 e. The predicted octanol–water partition coefficient (Wildman–Crippen LogP) is 3.06. The molecule has 19 heavy (non-hydrogen) atoms. The number of carbonyl (C=O) groups is 1. The van der Waals surface area contributed by atoms with Crippen molar-refractivity contribution < 1.29 is 4.79 Å². The van der Waals surface area contributed by atoms with Crippen molar-refractivity contribution in [1.82, 2.24) is 5.32 Å². The van der Waals surface area contributed by atoms with Crippen LogP contribution in [-0.4, -0.2) is 16.4 Å². The average Bonchev–Trinajstić information content (AvgIpc) is 2.40. The number of hydrogen-bond donors (Lipinski definition) is 2. The van der Waals surface area contributed by atoms with Crippen LogP contribution < -0.4 is 11.1 Å². The van der Waals surface area contributed by atoms with E-state index < -0.39 is 0 Å². The SMILES string of the molecule is NC(=S)C1(NC(=O)CC2CCCCC2)CCCCC1. The second kappa shape index (κ2) is 6.69. The molecular formula is C15H26N2OS. The van der Waals surface area contributed by atoms with Gasteiger partial charge in [0.1, 0.15) is 0 Å². The Bertz CT molecular complexity index is 331. The van der Waals surface area contributed by atoms with Crippen molar-refractivity contribution >= 4 is 23.1 Å². The molecule has 0 bridgehead atoms. The van der Waals surface area contributed by atoms with Gasteiger partial charge in [-0.05, 0) is 31.6 Å². The minimum atomic E-state index is -0.390. The Morgan fingerprint density at radius 2 is 1.68 bits per heavy atom. The zero-order valence-electron chi connectivity index (χ0n) is 11.7. The van der Waals surface area contributed by atoms with E-state index in [1.807, 2.05) is 0 Å². The van der Waals surface area contributed by atoms with Crippen LogP contribution in [0.15, 0.2) is 0 Å². The molecule has 0 aromatic carbocycles. The molecule has 2 fully saturated rings.